The first-order valence-electron chi connectivity index (χ1n) is 7.78. The van der Waals surface area contributed by atoms with Crippen molar-refractivity contribution in [2.75, 3.05) is 6.54 Å². The van der Waals surface area contributed by atoms with Crippen LogP contribution >= 0.6 is 11.6 Å². The van der Waals surface area contributed by atoms with Gasteiger partial charge in [0.15, 0.2) is 0 Å². The average molecular weight is 358 g/mol. The third-order valence-electron chi connectivity index (χ3n) is 3.96. The highest BCUT2D eigenvalue weighted by Crippen LogP contribution is 2.22. The predicted molar refractivity (Wildman–Crippen MR) is 96.8 cm³/mol. The van der Waals surface area contributed by atoms with Crippen LogP contribution in [-0.2, 0) is 17.6 Å². The molecule has 25 heavy (non-hydrogen) atoms. The van der Waals surface area contributed by atoms with Gasteiger partial charge in [-0.1, -0.05) is 23.7 Å². The van der Waals surface area contributed by atoms with Gasteiger partial charge >= 0.3 is 0 Å². The molecule has 3 aromatic rings. The van der Waals surface area contributed by atoms with E-state index >= 15 is 0 Å². The van der Waals surface area contributed by atoms with Crippen molar-refractivity contribution in [2.45, 2.75) is 12.8 Å². The summed E-state index contributed by atoms with van der Waals surface area (Å²) in [5, 5.41) is 15.2. The summed E-state index contributed by atoms with van der Waals surface area (Å²) in [6.07, 6.45) is 2.80. The Morgan fingerprint density at radius 3 is 2.68 bits per heavy atom. The molecule has 0 saturated carbocycles. The second-order valence-corrected chi connectivity index (χ2v) is 6.14. The Hall–Kier alpha value is -2.86. The number of nitro benzene ring substituents is 1. The maximum absolute atomic E-state index is 12.0. The van der Waals surface area contributed by atoms with Gasteiger partial charge in [0.25, 0.3) is 5.69 Å². The quantitative estimate of drug-likeness (QED) is 0.521. The number of rotatable bonds is 6. The largest absolute Gasteiger partial charge is 0.361 e. The molecule has 0 aliphatic rings. The molecule has 0 spiro atoms. The van der Waals surface area contributed by atoms with E-state index in [1.165, 1.54) is 12.1 Å². The SMILES string of the molecule is O=C(Cc1ccc([N+](=O)[O-])cc1)NCCc1c[nH]c2ccc(Cl)cc12. The van der Waals surface area contributed by atoms with Crippen molar-refractivity contribution in [2.24, 2.45) is 0 Å². The van der Waals surface area contributed by atoms with Crippen LogP contribution in [0.1, 0.15) is 11.1 Å². The standard InChI is InChI=1S/C18H16ClN3O3/c19-14-3-6-17-16(10-14)13(11-21-17)7-8-20-18(23)9-12-1-4-15(5-2-12)22(24)25/h1-6,10-11,21H,7-9H2,(H,20,23). The highest BCUT2D eigenvalue weighted by atomic mass is 35.5. The Labute approximate surface area is 149 Å². The number of nitrogens with zero attached hydrogens (tertiary/aromatic N) is 1. The van der Waals surface area contributed by atoms with Crippen LogP contribution in [0, 0.1) is 10.1 Å². The van der Waals surface area contributed by atoms with Gasteiger partial charge in [0.1, 0.15) is 0 Å². The molecule has 1 amide bonds. The molecule has 0 unspecified atom stereocenters. The summed E-state index contributed by atoms with van der Waals surface area (Å²) >= 11 is 6.03. The van der Waals surface area contributed by atoms with E-state index in [-0.39, 0.29) is 18.0 Å². The number of hydrogen-bond donors (Lipinski definition) is 2. The van der Waals surface area contributed by atoms with E-state index in [1.807, 2.05) is 24.4 Å². The lowest BCUT2D eigenvalue weighted by Crippen LogP contribution is -2.27. The fourth-order valence-electron chi connectivity index (χ4n) is 2.68. The first-order valence-corrected chi connectivity index (χ1v) is 8.16. The number of carbonyl (C=O) groups is 1. The zero-order valence-corrected chi connectivity index (χ0v) is 14.0. The lowest BCUT2D eigenvalue weighted by Gasteiger charge is -2.05. The molecule has 1 heterocycles. The Bertz CT molecular complexity index is 919. The normalized spacial score (nSPS) is 10.8. The molecule has 2 aromatic carbocycles. The van der Waals surface area contributed by atoms with Crippen molar-refractivity contribution in [3.05, 3.63) is 74.9 Å². The van der Waals surface area contributed by atoms with Crippen molar-refractivity contribution in [1.82, 2.24) is 10.3 Å². The number of carbonyl (C=O) groups excluding carboxylic acids is 1. The molecule has 0 aliphatic carbocycles. The van der Waals surface area contributed by atoms with Gasteiger partial charge in [0.2, 0.25) is 5.91 Å². The summed E-state index contributed by atoms with van der Waals surface area (Å²) in [6.45, 7) is 0.505. The highest BCUT2D eigenvalue weighted by molar-refractivity contribution is 6.31. The number of aromatic nitrogens is 1. The number of nitrogens with one attached hydrogen (secondary N) is 2. The summed E-state index contributed by atoms with van der Waals surface area (Å²) in [7, 11) is 0. The third kappa shape index (κ3) is 4.16. The van der Waals surface area contributed by atoms with E-state index in [2.05, 4.69) is 10.3 Å². The van der Waals surface area contributed by atoms with Crippen molar-refractivity contribution >= 4 is 34.1 Å². The number of hydrogen-bond acceptors (Lipinski definition) is 3. The molecule has 0 radical (unpaired) electrons. The zero-order valence-electron chi connectivity index (χ0n) is 13.3. The average Bonchev–Trinajstić information content (AvgIpc) is 2.97. The Balaban J connectivity index is 1.53. The van der Waals surface area contributed by atoms with E-state index in [0.717, 1.165) is 22.0 Å². The number of benzene rings is 2. The molecule has 0 saturated heterocycles. The minimum atomic E-state index is -0.461. The van der Waals surface area contributed by atoms with Gasteiger partial charge in [-0.05, 0) is 35.7 Å². The first-order chi connectivity index (χ1) is 12.0. The number of nitro groups is 1. The molecule has 0 fully saturated rings. The molecular formula is C18H16ClN3O3. The monoisotopic (exact) mass is 357 g/mol. The van der Waals surface area contributed by atoms with E-state index in [1.54, 1.807) is 12.1 Å². The van der Waals surface area contributed by atoms with Crippen LogP contribution in [0.4, 0.5) is 5.69 Å². The molecule has 2 N–H and O–H groups in total. The Morgan fingerprint density at radius 2 is 1.96 bits per heavy atom. The number of fused-ring (bicyclic) bond motifs is 1. The number of aromatic amines is 1. The van der Waals surface area contributed by atoms with E-state index in [0.29, 0.717) is 18.0 Å². The number of amides is 1. The molecule has 0 bridgehead atoms. The van der Waals surface area contributed by atoms with Gasteiger partial charge < -0.3 is 10.3 Å². The molecule has 128 valence electrons. The second-order valence-electron chi connectivity index (χ2n) is 5.70. The molecule has 3 rings (SSSR count). The van der Waals surface area contributed by atoms with Gasteiger partial charge in [0, 0.05) is 40.8 Å². The number of H-pyrrole nitrogens is 1. The molecule has 7 heteroatoms. The zero-order chi connectivity index (χ0) is 17.8. The van der Waals surface area contributed by atoms with Crippen LogP contribution in [0.5, 0.6) is 0 Å². The van der Waals surface area contributed by atoms with Crippen LogP contribution < -0.4 is 5.32 Å². The van der Waals surface area contributed by atoms with Crippen molar-refractivity contribution < 1.29 is 9.72 Å². The maximum atomic E-state index is 12.0. The topological polar surface area (TPSA) is 88.0 Å². The minimum Gasteiger partial charge on any atom is -0.361 e. The summed E-state index contributed by atoms with van der Waals surface area (Å²) in [5.41, 5.74) is 2.86. The van der Waals surface area contributed by atoms with Crippen molar-refractivity contribution in [1.29, 1.82) is 0 Å². The second kappa shape index (κ2) is 7.36. The molecule has 0 atom stereocenters. The van der Waals surface area contributed by atoms with Crippen LogP contribution in [0.2, 0.25) is 5.02 Å². The van der Waals surface area contributed by atoms with Crippen LogP contribution in [-0.4, -0.2) is 22.4 Å². The van der Waals surface area contributed by atoms with Crippen molar-refractivity contribution in [3.63, 3.8) is 0 Å². The lowest BCUT2D eigenvalue weighted by atomic mass is 10.1. The predicted octanol–water partition coefficient (Wildman–Crippen LogP) is 3.63. The van der Waals surface area contributed by atoms with E-state index < -0.39 is 4.92 Å². The summed E-state index contributed by atoms with van der Waals surface area (Å²) in [6, 6.07) is 11.7. The fraction of sp³-hybridized carbons (Fsp3) is 0.167. The maximum Gasteiger partial charge on any atom is 0.269 e. The van der Waals surface area contributed by atoms with E-state index in [4.69, 9.17) is 11.6 Å². The number of halogens is 1. The molecule has 6 nitrogen and oxygen atoms in total. The lowest BCUT2D eigenvalue weighted by molar-refractivity contribution is -0.384. The van der Waals surface area contributed by atoms with Gasteiger partial charge in [0.05, 0.1) is 11.3 Å². The van der Waals surface area contributed by atoms with Crippen LogP contribution in [0.25, 0.3) is 10.9 Å². The summed E-state index contributed by atoms with van der Waals surface area (Å²) < 4.78 is 0. The summed E-state index contributed by atoms with van der Waals surface area (Å²) in [4.78, 5) is 25.3. The van der Waals surface area contributed by atoms with Gasteiger partial charge in [-0.3, -0.25) is 14.9 Å². The first kappa shape index (κ1) is 17.0. The molecular weight excluding hydrogens is 342 g/mol. The summed E-state index contributed by atoms with van der Waals surface area (Å²) in [5.74, 6) is -0.119. The number of non-ortho nitro benzene ring substituents is 1. The Kier molecular flexibility index (Phi) is 5.00. The van der Waals surface area contributed by atoms with E-state index in [9.17, 15) is 14.9 Å². The molecule has 0 aliphatic heterocycles. The molecule has 1 aromatic heterocycles. The smallest absolute Gasteiger partial charge is 0.269 e. The Morgan fingerprint density at radius 1 is 1.20 bits per heavy atom. The van der Waals surface area contributed by atoms with Crippen LogP contribution in [0.15, 0.2) is 48.7 Å². The minimum absolute atomic E-state index is 0.0159. The van der Waals surface area contributed by atoms with Gasteiger partial charge in [-0.25, -0.2) is 0 Å². The highest BCUT2D eigenvalue weighted by Gasteiger charge is 2.08. The van der Waals surface area contributed by atoms with Crippen molar-refractivity contribution in [3.8, 4) is 0 Å². The van der Waals surface area contributed by atoms with Crippen LogP contribution in [0.3, 0.4) is 0 Å². The van der Waals surface area contributed by atoms with Gasteiger partial charge in [-0.15, -0.1) is 0 Å². The van der Waals surface area contributed by atoms with Gasteiger partial charge in [-0.2, -0.15) is 0 Å². The third-order valence-corrected chi connectivity index (χ3v) is 4.19. The fourth-order valence-corrected chi connectivity index (χ4v) is 2.85.